The summed E-state index contributed by atoms with van der Waals surface area (Å²) in [4.78, 5) is 3.93. The van der Waals surface area contributed by atoms with Crippen LogP contribution in [0, 0.1) is 11.6 Å². The first-order chi connectivity index (χ1) is 14.2. The monoisotopic (exact) mass is 437 g/mol. The molecule has 3 rings (SSSR count). The Labute approximate surface area is 170 Å². The predicted molar refractivity (Wildman–Crippen MR) is 105 cm³/mol. The molecule has 9 nitrogen and oxygen atoms in total. The zero-order valence-corrected chi connectivity index (χ0v) is 16.4. The molecule has 0 atom stereocenters. The number of hydrogen-bond donors (Lipinski definition) is 3. The van der Waals surface area contributed by atoms with Crippen molar-refractivity contribution in [1.29, 1.82) is 0 Å². The van der Waals surface area contributed by atoms with Crippen LogP contribution in [0.5, 0.6) is 5.75 Å². The van der Waals surface area contributed by atoms with Gasteiger partial charge in [0.1, 0.15) is 11.4 Å². The highest BCUT2D eigenvalue weighted by Crippen LogP contribution is 2.30. The summed E-state index contributed by atoms with van der Waals surface area (Å²) in [7, 11) is -2.78. The van der Waals surface area contributed by atoms with Gasteiger partial charge in [0.15, 0.2) is 11.6 Å². The van der Waals surface area contributed by atoms with E-state index in [1.807, 2.05) is 4.72 Å². The van der Waals surface area contributed by atoms with Crippen molar-refractivity contribution < 1.29 is 26.4 Å². The lowest BCUT2D eigenvalue weighted by Crippen LogP contribution is -2.28. The highest BCUT2D eigenvalue weighted by atomic mass is 32.2. The fourth-order valence-electron chi connectivity index (χ4n) is 2.45. The lowest BCUT2D eigenvalue weighted by molar-refractivity contribution is 0.412. The normalized spacial score (nSPS) is 11.9. The van der Waals surface area contributed by atoms with Crippen LogP contribution in [0.25, 0.3) is 5.70 Å². The van der Waals surface area contributed by atoms with Gasteiger partial charge in [-0.25, -0.2) is 14.6 Å². The van der Waals surface area contributed by atoms with Crippen LogP contribution in [0.1, 0.15) is 5.56 Å². The van der Waals surface area contributed by atoms with E-state index in [1.54, 1.807) is 6.07 Å². The molecule has 0 bridgehead atoms. The summed E-state index contributed by atoms with van der Waals surface area (Å²) in [6.07, 6.45) is 5.06. The molecule has 0 saturated heterocycles. The number of anilines is 2. The Hall–Kier alpha value is -3.64. The average Bonchev–Trinajstić information content (AvgIpc) is 3.26. The lowest BCUT2D eigenvalue weighted by Gasteiger charge is -2.19. The van der Waals surface area contributed by atoms with Crippen LogP contribution in [-0.4, -0.2) is 20.5 Å². The molecule has 0 radical (unpaired) electrons. The number of furan rings is 1. The topological polar surface area (TPSA) is 137 Å². The molecule has 0 aliphatic carbocycles. The van der Waals surface area contributed by atoms with E-state index >= 15 is 0 Å². The molecule has 12 heteroatoms. The maximum atomic E-state index is 14.9. The third-order valence-corrected chi connectivity index (χ3v) is 5.14. The van der Waals surface area contributed by atoms with Gasteiger partial charge in [0.05, 0.1) is 31.0 Å². The molecule has 0 saturated carbocycles. The second-order valence-electron chi connectivity index (χ2n) is 5.90. The quantitative estimate of drug-likeness (QED) is 0.379. The van der Waals surface area contributed by atoms with Crippen LogP contribution < -0.4 is 26.0 Å². The summed E-state index contributed by atoms with van der Waals surface area (Å²) in [5.74, 6) is 3.91. The van der Waals surface area contributed by atoms with E-state index in [1.165, 1.54) is 31.6 Å². The number of hydrazine groups is 1. The first-order valence-corrected chi connectivity index (χ1v) is 9.76. The molecule has 3 aromatic rings. The zero-order chi connectivity index (χ0) is 21.9. The van der Waals surface area contributed by atoms with E-state index in [2.05, 4.69) is 4.98 Å². The molecular weight excluding hydrogens is 420 g/mol. The third-order valence-electron chi connectivity index (χ3n) is 3.89. The molecule has 0 aliphatic heterocycles. The van der Waals surface area contributed by atoms with Crippen LogP contribution in [0.4, 0.5) is 20.2 Å². The van der Waals surface area contributed by atoms with Crippen LogP contribution in [0.2, 0.25) is 0 Å². The molecule has 5 N–H and O–H groups in total. The largest absolute Gasteiger partial charge is 0.495 e. The molecular formula is C18H17F2N5O4S. The number of rotatable bonds is 7. The summed E-state index contributed by atoms with van der Waals surface area (Å²) < 4.78 is 65.5. The SMILES string of the molecule is COc1cncc(/C(N)=C/N(N)c2c(F)ccc(NS(=O)(=O)c3ccco3)c2F)c1. The summed E-state index contributed by atoms with van der Waals surface area (Å²) in [5.41, 5.74) is 5.09. The van der Waals surface area contributed by atoms with Gasteiger partial charge in [-0.05, 0) is 30.3 Å². The summed E-state index contributed by atoms with van der Waals surface area (Å²) in [6, 6.07) is 5.85. The maximum Gasteiger partial charge on any atom is 0.295 e. The number of nitrogens with zero attached hydrogens (tertiary/aromatic N) is 2. The number of nitrogens with one attached hydrogen (secondary N) is 1. The summed E-state index contributed by atoms with van der Waals surface area (Å²) >= 11 is 0. The maximum absolute atomic E-state index is 14.9. The number of sulfonamides is 1. The van der Waals surface area contributed by atoms with Gasteiger partial charge in [0.2, 0.25) is 5.09 Å². The first-order valence-electron chi connectivity index (χ1n) is 8.28. The van der Waals surface area contributed by atoms with Gasteiger partial charge in [0.25, 0.3) is 10.0 Å². The summed E-state index contributed by atoms with van der Waals surface area (Å²) in [6.45, 7) is 0. The van der Waals surface area contributed by atoms with Gasteiger partial charge in [-0.1, -0.05) is 0 Å². The van der Waals surface area contributed by atoms with Crippen LogP contribution in [0.15, 0.2) is 64.7 Å². The average molecular weight is 437 g/mol. The lowest BCUT2D eigenvalue weighted by atomic mass is 10.2. The van der Waals surface area contributed by atoms with Gasteiger partial charge >= 0.3 is 0 Å². The number of halogens is 2. The van der Waals surface area contributed by atoms with Gasteiger partial charge in [-0.2, -0.15) is 8.42 Å². The van der Waals surface area contributed by atoms with E-state index in [9.17, 15) is 17.2 Å². The Bertz CT molecular complexity index is 1180. The minimum Gasteiger partial charge on any atom is -0.495 e. The van der Waals surface area contributed by atoms with Crippen LogP contribution in [0.3, 0.4) is 0 Å². The van der Waals surface area contributed by atoms with Crippen molar-refractivity contribution in [3.05, 3.63) is 72.4 Å². The molecule has 30 heavy (non-hydrogen) atoms. The Balaban J connectivity index is 1.94. The van der Waals surface area contributed by atoms with Gasteiger partial charge in [-0.15, -0.1) is 0 Å². The Morgan fingerprint density at radius 3 is 2.73 bits per heavy atom. The Morgan fingerprint density at radius 2 is 2.07 bits per heavy atom. The number of pyridine rings is 1. The Morgan fingerprint density at radius 1 is 1.30 bits per heavy atom. The number of benzene rings is 1. The number of ether oxygens (including phenoxy) is 1. The molecule has 0 spiro atoms. The molecule has 2 aromatic heterocycles. The number of methoxy groups -OCH3 is 1. The second-order valence-corrected chi connectivity index (χ2v) is 7.51. The van der Waals surface area contributed by atoms with Crippen molar-refractivity contribution in [2.24, 2.45) is 11.6 Å². The first kappa shape index (κ1) is 21.1. The number of hydrogen-bond acceptors (Lipinski definition) is 8. The van der Waals surface area contributed by atoms with E-state index in [0.717, 1.165) is 24.6 Å². The van der Waals surface area contributed by atoms with Gasteiger partial charge < -0.3 is 14.9 Å². The highest BCUT2D eigenvalue weighted by molar-refractivity contribution is 7.92. The molecule has 1 aromatic carbocycles. The molecule has 0 unspecified atom stereocenters. The second kappa shape index (κ2) is 8.39. The van der Waals surface area contributed by atoms with E-state index < -0.39 is 38.1 Å². The van der Waals surface area contributed by atoms with Crippen LogP contribution in [-0.2, 0) is 10.0 Å². The van der Waals surface area contributed by atoms with Crippen molar-refractivity contribution in [2.75, 3.05) is 16.8 Å². The molecule has 2 heterocycles. The number of nitrogens with two attached hydrogens (primary N) is 2. The fraction of sp³-hybridized carbons (Fsp3) is 0.0556. The molecule has 158 valence electrons. The number of aromatic nitrogens is 1. The van der Waals surface area contributed by atoms with E-state index in [0.29, 0.717) is 16.3 Å². The van der Waals surface area contributed by atoms with Gasteiger partial charge in [0, 0.05) is 18.0 Å². The molecule has 0 aliphatic rings. The summed E-state index contributed by atoms with van der Waals surface area (Å²) in [5, 5.41) is 0.163. The van der Waals surface area contributed by atoms with E-state index in [-0.39, 0.29) is 5.70 Å². The minimum absolute atomic E-state index is 0.0317. The van der Waals surface area contributed by atoms with Crippen molar-refractivity contribution >= 4 is 27.1 Å². The van der Waals surface area contributed by atoms with Crippen molar-refractivity contribution in [3.8, 4) is 5.75 Å². The minimum atomic E-state index is -4.22. The zero-order valence-electron chi connectivity index (χ0n) is 15.5. The van der Waals surface area contributed by atoms with Crippen molar-refractivity contribution in [3.63, 3.8) is 0 Å². The standard InChI is InChI=1S/C18H17F2N5O4S/c1-28-12-7-11(8-23-9-12)14(21)10-25(22)18-13(19)4-5-15(17(18)20)24-30(26,27)16-3-2-6-29-16/h2-10,24H,21-22H2,1H3/b14-10-. The predicted octanol–water partition coefficient (Wildman–Crippen LogP) is 2.40. The van der Waals surface area contributed by atoms with Crippen LogP contribution >= 0.6 is 0 Å². The molecule has 0 fully saturated rings. The highest BCUT2D eigenvalue weighted by Gasteiger charge is 2.23. The van der Waals surface area contributed by atoms with Gasteiger partial charge in [-0.3, -0.25) is 14.7 Å². The smallest absolute Gasteiger partial charge is 0.295 e. The fourth-order valence-corrected chi connectivity index (χ4v) is 3.43. The van der Waals surface area contributed by atoms with Crippen molar-refractivity contribution in [2.45, 2.75) is 5.09 Å². The van der Waals surface area contributed by atoms with Crippen molar-refractivity contribution in [1.82, 2.24) is 4.98 Å². The van der Waals surface area contributed by atoms with E-state index in [4.69, 9.17) is 20.7 Å². The third kappa shape index (κ3) is 4.34. The Kier molecular flexibility index (Phi) is 5.89. The molecule has 0 amide bonds.